The number of carbonyl (C=O) groups excluding carboxylic acids is 1. The van der Waals surface area contributed by atoms with Crippen molar-refractivity contribution in [3.63, 3.8) is 0 Å². The molecule has 3 aromatic rings. The highest BCUT2D eigenvalue weighted by Gasteiger charge is 2.55. The van der Waals surface area contributed by atoms with Crippen molar-refractivity contribution in [2.75, 3.05) is 46.3 Å². The van der Waals surface area contributed by atoms with Gasteiger partial charge >= 0.3 is 0 Å². The first-order chi connectivity index (χ1) is 17.8. The van der Waals surface area contributed by atoms with Crippen molar-refractivity contribution in [1.29, 1.82) is 0 Å². The Kier molecular flexibility index (Phi) is 5.53. The summed E-state index contributed by atoms with van der Waals surface area (Å²) in [5.74, 6) is 8.00. The molecule has 6 rings (SSSR count). The Morgan fingerprint density at radius 3 is 2.76 bits per heavy atom. The number of benzene rings is 1. The maximum Gasteiger partial charge on any atom is 0.246 e. The van der Waals surface area contributed by atoms with Gasteiger partial charge in [-0.05, 0) is 44.0 Å². The van der Waals surface area contributed by atoms with E-state index in [0.717, 1.165) is 6.54 Å². The van der Waals surface area contributed by atoms with E-state index in [0.29, 0.717) is 64.3 Å². The van der Waals surface area contributed by atoms with E-state index in [1.54, 1.807) is 12.1 Å². The summed E-state index contributed by atoms with van der Waals surface area (Å²) in [6, 6.07) is 3.00. The fourth-order valence-electron chi connectivity index (χ4n) is 5.39. The van der Waals surface area contributed by atoms with Crippen LogP contribution in [-0.2, 0) is 11.8 Å². The summed E-state index contributed by atoms with van der Waals surface area (Å²) in [4.78, 5) is 25.0. The smallest absolute Gasteiger partial charge is 0.246 e. The minimum absolute atomic E-state index is 0.0539. The summed E-state index contributed by atoms with van der Waals surface area (Å²) in [6.07, 6.45) is 4.96. The van der Waals surface area contributed by atoms with Crippen LogP contribution in [-0.4, -0.2) is 70.8 Å². The van der Waals surface area contributed by atoms with E-state index in [9.17, 15) is 9.18 Å². The molecule has 37 heavy (non-hydrogen) atoms. The fourth-order valence-corrected chi connectivity index (χ4v) is 5.39. The molecule has 2 N–H and O–H groups in total. The Balaban J connectivity index is 1.31. The quantitative estimate of drug-likeness (QED) is 0.432. The number of piperidine rings is 1. The van der Waals surface area contributed by atoms with Crippen LogP contribution < -0.4 is 15.2 Å². The summed E-state index contributed by atoms with van der Waals surface area (Å²) in [5, 5.41) is 0.635. The standard InChI is InChI=1S/C27H27FN6O3/c1-32(2)10-4-5-21(35)34-11-17-15(18(17)12-34)7-9-20-22(23-26(29)30-13-31-27(23)33(20)3)16-6-8-19(28)25-24(16)36-14-37-25/h4-6,8,13,15,17-18H,10-12,14H2,1-3H3,(H2,29,30,31)/b5-4+/t15-,17-,18?/m1/s1. The number of nitrogens with two attached hydrogens (primary N) is 1. The Bertz CT molecular complexity index is 1510. The van der Waals surface area contributed by atoms with Crippen LogP contribution in [0.2, 0.25) is 0 Å². The van der Waals surface area contributed by atoms with Gasteiger partial charge in [0, 0.05) is 49.8 Å². The number of anilines is 1. The van der Waals surface area contributed by atoms with Gasteiger partial charge < -0.3 is 29.6 Å². The first-order valence-corrected chi connectivity index (χ1v) is 12.1. The molecule has 1 aliphatic carbocycles. The third-order valence-corrected chi connectivity index (χ3v) is 7.33. The van der Waals surface area contributed by atoms with Gasteiger partial charge in [-0.1, -0.05) is 12.0 Å². The van der Waals surface area contributed by atoms with Crippen molar-refractivity contribution in [2.45, 2.75) is 0 Å². The lowest BCUT2D eigenvalue weighted by molar-refractivity contribution is -0.125. The molecule has 1 saturated heterocycles. The van der Waals surface area contributed by atoms with Crippen LogP contribution in [0.3, 0.4) is 0 Å². The molecule has 1 aromatic carbocycles. The zero-order valence-corrected chi connectivity index (χ0v) is 20.9. The molecule has 3 atom stereocenters. The normalized spacial score (nSPS) is 21.5. The van der Waals surface area contributed by atoms with Gasteiger partial charge in [0.25, 0.3) is 0 Å². The molecule has 0 spiro atoms. The van der Waals surface area contributed by atoms with E-state index >= 15 is 0 Å². The van der Waals surface area contributed by atoms with E-state index in [-0.39, 0.29) is 24.4 Å². The molecule has 0 bridgehead atoms. The van der Waals surface area contributed by atoms with Crippen LogP contribution in [0.4, 0.5) is 10.2 Å². The highest BCUT2D eigenvalue weighted by atomic mass is 19.1. The molecule has 2 fully saturated rings. The lowest BCUT2D eigenvalue weighted by atomic mass is 10.0. The molecule has 0 radical (unpaired) electrons. The number of halogens is 1. The number of likely N-dealkylation sites (tertiary alicyclic amines) is 1. The first kappa shape index (κ1) is 23.3. The zero-order chi connectivity index (χ0) is 25.8. The SMILES string of the molecule is CN(C)C/C=C/C(=O)N1CC2[C@H](C#Cc3c(-c4ccc(F)c5c4OCO5)c4c(N)ncnc4n3C)[C@H]2C1. The van der Waals surface area contributed by atoms with Crippen LogP contribution in [0.15, 0.2) is 30.6 Å². The molecule has 10 heteroatoms. The number of hydrogen-bond acceptors (Lipinski definition) is 7. The molecule has 4 heterocycles. The van der Waals surface area contributed by atoms with Crippen molar-refractivity contribution < 1.29 is 18.7 Å². The minimum Gasteiger partial charge on any atom is -0.453 e. The van der Waals surface area contributed by atoms with Crippen LogP contribution in [0.5, 0.6) is 11.5 Å². The summed E-state index contributed by atoms with van der Waals surface area (Å²) in [5.41, 5.74) is 8.92. The van der Waals surface area contributed by atoms with Gasteiger partial charge in [0.05, 0.1) is 5.39 Å². The average Bonchev–Trinajstić information content (AvgIpc) is 3.28. The third kappa shape index (κ3) is 3.86. The lowest BCUT2D eigenvalue weighted by Crippen LogP contribution is -2.30. The van der Waals surface area contributed by atoms with Crippen molar-refractivity contribution in [3.8, 4) is 34.5 Å². The molecule has 9 nitrogen and oxygen atoms in total. The van der Waals surface area contributed by atoms with E-state index < -0.39 is 5.82 Å². The number of hydrogen-bond donors (Lipinski definition) is 1. The van der Waals surface area contributed by atoms with Gasteiger partial charge in [-0.3, -0.25) is 4.79 Å². The van der Waals surface area contributed by atoms with Gasteiger partial charge in [-0.25, -0.2) is 14.4 Å². The minimum atomic E-state index is -0.491. The zero-order valence-electron chi connectivity index (χ0n) is 20.9. The van der Waals surface area contributed by atoms with Crippen LogP contribution in [0, 0.1) is 35.4 Å². The van der Waals surface area contributed by atoms with Crippen molar-refractivity contribution >= 4 is 22.8 Å². The number of rotatable bonds is 4. The van der Waals surface area contributed by atoms with Crippen LogP contribution >= 0.6 is 0 Å². The topological polar surface area (TPSA) is 98.7 Å². The Morgan fingerprint density at radius 2 is 2.00 bits per heavy atom. The first-order valence-electron chi connectivity index (χ1n) is 12.1. The van der Waals surface area contributed by atoms with E-state index in [4.69, 9.17) is 15.2 Å². The van der Waals surface area contributed by atoms with E-state index in [1.807, 2.05) is 41.6 Å². The van der Waals surface area contributed by atoms with E-state index in [1.165, 1.54) is 12.4 Å². The summed E-state index contributed by atoms with van der Waals surface area (Å²) in [6.45, 7) is 2.10. The molecule has 1 amide bonds. The lowest BCUT2D eigenvalue weighted by Gasteiger charge is -2.16. The summed E-state index contributed by atoms with van der Waals surface area (Å²) < 4.78 is 27.2. The van der Waals surface area contributed by atoms with Crippen LogP contribution in [0.25, 0.3) is 22.2 Å². The van der Waals surface area contributed by atoms with Gasteiger partial charge in [-0.15, -0.1) is 0 Å². The maximum atomic E-state index is 14.3. The average molecular weight is 503 g/mol. The highest BCUT2D eigenvalue weighted by molar-refractivity contribution is 6.05. The van der Waals surface area contributed by atoms with Crippen molar-refractivity contribution in [1.82, 2.24) is 24.3 Å². The molecule has 1 unspecified atom stereocenters. The molecule has 2 aliphatic heterocycles. The van der Waals surface area contributed by atoms with E-state index in [2.05, 4.69) is 21.8 Å². The van der Waals surface area contributed by atoms with Gasteiger partial charge in [0.2, 0.25) is 18.4 Å². The van der Waals surface area contributed by atoms with Crippen LogP contribution in [0.1, 0.15) is 5.69 Å². The number of aryl methyl sites for hydroxylation is 1. The number of amides is 1. The van der Waals surface area contributed by atoms with Crippen molar-refractivity contribution in [3.05, 3.63) is 42.1 Å². The maximum absolute atomic E-state index is 14.3. The molecule has 2 aromatic heterocycles. The fraction of sp³-hybridized carbons (Fsp3) is 0.370. The predicted molar refractivity (Wildman–Crippen MR) is 136 cm³/mol. The number of fused-ring (bicyclic) bond motifs is 3. The second kappa shape index (κ2) is 8.78. The molecular formula is C27H27FN6O3. The second-order valence-corrected chi connectivity index (χ2v) is 9.93. The number of likely N-dealkylation sites (N-methyl/N-ethyl adjacent to an activating group) is 1. The Morgan fingerprint density at radius 1 is 1.24 bits per heavy atom. The molecular weight excluding hydrogens is 475 g/mol. The highest BCUT2D eigenvalue weighted by Crippen LogP contribution is 2.52. The Labute approximate surface area is 213 Å². The van der Waals surface area contributed by atoms with Crippen molar-refractivity contribution in [2.24, 2.45) is 24.8 Å². The molecule has 190 valence electrons. The molecule has 3 aliphatic rings. The number of nitrogens with zero attached hydrogens (tertiary/aromatic N) is 5. The largest absolute Gasteiger partial charge is 0.453 e. The number of nitrogen functional groups attached to an aromatic ring is 1. The monoisotopic (exact) mass is 502 g/mol. The Hall–Kier alpha value is -4.10. The van der Waals surface area contributed by atoms with Gasteiger partial charge in [-0.2, -0.15) is 0 Å². The number of aromatic nitrogens is 3. The summed E-state index contributed by atoms with van der Waals surface area (Å²) >= 11 is 0. The number of ether oxygens (including phenoxy) is 2. The predicted octanol–water partition coefficient (Wildman–Crippen LogP) is 2.26. The third-order valence-electron chi connectivity index (χ3n) is 7.33. The van der Waals surface area contributed by atoms with Gasteiger partial charge in [0.15, 0.2) is 11.6 Å². The molecule has 1 saturated carbocycles. The second-order valence-electron chi connectivity index (χ2n) is 9.93. The van der Waals surface area contributed by atoms with Gasteiger partial charge in [0.1, 0.15) is 23.5 Å². The summed E-state index contributed by atoms with van der Waals surface area (Å²) in [7, 11) is 5.81. The number of carbonyl (C=O) groups is 1.